The highest BCUT2D eigenvalue weighted by molar-refractivity contribution is 7.16. The van der Waals surface area contributed by atoms with Gasteiger partial charge in [0.2, 0.25) is 0 Å². The van der Waals surface area contributed by atoms with Gasteiger partial charge in [0.25, 0.3) is 18.2 Å². The maximum absolute atomic E-state index is 13.4. The number of ether oxygens (including phenoxy) is 1. The molecule has 1 N–H and O–H groups in total. The van der Waals surface area contributed by atoms with Gasteiger partial charge in [0.15, 0.2) is 5.13 Å². The first-order valence-corrected chi connectivity index (χ1v) is 12.9. The molecule has 0 aromatic carbocycles. The topological polar surface area (TPSA) is 115 Å². The summed E-state index contributed by atoms with van der Waals surface area (Å²) in [5, 5.41) is 3.26. The largest absolute Gasteiger partial charge is 0.495 e. The van der Waals surface area contributed by atoms with E-state index in [1.807, 2.05) is 23.5 Å². The second kappa shape index (κ2) is 10.1. The Morgan fingerprint density at radius 1 is 1.10 bits per heavy atom. The number of carbonyl (C=O) groups is 2. The molecule has 6 rings (SSSR count). The van der Waals surface area contributed by atoms with E-state index in [1.165, 1.54) is 34.6 Å². The van der Waals surface area contributed by atoms with Crippen molar-refractivity contribution in [3.05, 3.63) is 88.5 Å². The van der Waals surface area contributed by atoms with Gasteiger partial charge >= 0.3 is 0 Å². The maximum Gasteiger partial charge on any atom is 0.273 e. The molecule has 13 heteroatoms. The number of alkyl halides is 2. The van der Waals surface area contributed by atoms with Gasteiger partial charge in [-0.25, -0.2) is 18.7 Å². The van der Waals surface area contributed by atoms with Crippen LogP contribution in [0.3, 0.4) is 0 Å². The average Bonchev–Trinajstić information content (AvgIpc) is 3.66. The summed E-state index contributed by atoms with van der Waals surface area (Å²) < 4.78 is 33.0. The number of nitrogens with zero attached hydrogens (tertiary/aromatic N) is 6. The van der Waals surface area contributed by atoms with Crippen molar-refractivity contribution in [2.75, 3.05) is 12.4 Å². The van der Waals surface area contributed by atoms with E-state index in [4.69, 9.17) is 4.74 Å². The summed E-state index contributed by atoms with van der Waals surface area (Å²) in [7, 11) is 1.56. The van der Waals surface area contributed by atoms with E-state index in [2.05, 4.69) is 25.3 Å². The minimum absolute atomic E-state index is 0.0806. The molecule has 0 aliphatic carbocycles. The molecule has 2 amide bonds. The summed E-state index contributed by atoms with van der Waals surface area (Å²) in [5.74, 6) is -0.195. The lowest BCUT2D eigenvalue weighted by Gasteiger charge is -2.15. The van der Waals surface area contributed by atoms with Crippen LogP contribution in [0.2, 0.25) is 0 Å². The predicted molar refractivity (Wildman–Crippen MR) is 143 cm³/mol. The molecule has 6 heterocycles. The van der Waals surface area contributed by atoms with Gasteiger partial charge in [-0.05, 0) is 31.2 Å². The molecule has 10 nitrogen and oxygen atoms in total. The smallest absolute Gasteiger partial charge is 0.273 e. The Kier molecular flexibility index (Phi) is 6.42. The number of carbonyl (C=O) groups excluding carboxylic acids is 2. The number of pyridine rings is 3. The van der Waals surface area contributed by atoms with Crippen molar-refractivity contribution in [3.8, 4) is 16.9 Å². The molecular formula is C27H21F2N7O3S. The predicted octanol–water partition coefficient (Wildman–Crippen LogP) is 4.91. The second-order valence-corrected chi connectivity index (χ2v) is 10.2. The normalized spacial score (nSPS) is 12.7. The van der Waals surface area contributed by atoms with Gasteiger partial charge in [-0.15, -0.1) is 0 Å². The number of methoxy groups -OCH3 is 1. The van der Waals surface area contributed by atoms with Gasteiger partial charge in [0, 0.05) is 34.8 Å². The summed E-state index contributed by atoms with van der Waals surface area (Å²) >= 11 is 1.27. The molecule has 40 heavy (non-hydrogen) atoms. The first-order valence-electron chi connectivity index (χ1n) is 12.1. The molecule has 5 aromatic rings. The van der Waals surface area contributed by atoms with Crippen molar-refractivity contribution in [1.82, 2.24) is 29.2 Å². The number of anilines is 1. The highest BCUT2D eigenvalue weighted by Gasteiger charge is 2.29. The molecular weight excluding hydrogens is 540 g/mol. The van der Waals surface area contributed by atoms with Gasteiger partial charge in [-0.3, -0.25) is 24.9 Å². The lowest BCUT2D eigenvalue weighted by molar-refractivity contribution is 0.0744. The van der Waals surface area contributed by atoms with Crippen LogP contribution in [-0.4, -0.2) is 48.2 Å². The summed E-state index contributed by atoms with van der Waals surface area (Å²) in [6.45, 7) is 2.34. The minimum atomic E-state index is -2.65. The van der Waals surface area contributed by atoms with Crippen molar-refractivity contribution in [2.24, 2.45) is 0 Å². The third-order valence-electron chi connectivity index (χ3n) is 6.52. The molecule has 202 valence electrons. The molecule has 0 saturated heterocycles. The van der Waals surface area contributed by atoms with Crippen LogP contribution >= 0.6 is 11.3 Å². The van der Waals surface area contributed by atoms with Crippen LogP contribution in [0.25, 0.3) is 16.6 Å². The Morgan fingerprint density at radius 2 is 1.95 bits per heavy atom. The van der Waals surface area contributed by atoms with Crippen molar-refractivity contribution in [2.45, 2.75) is 26.4 Å². The number of amides is 2. The fourth-order valence-corrected chi connectivity index (χ4v) is 5.49. The quantitative estimate of drug-likeness (QED) is 0.313. The molecule has 0 unspecified atom stereocenters. The fourth-order valence-electron chi connectivity index (χ4n) is 4.51. The van der Waals surface area contributed by atoms with Crippen LogP contribution in [0.15, 0.2) is 55.4 Å². The average molecular weight is 562 g/mol. The second-order valence-electron chi connectivity index (χ2n) is 9.13. The van der Waals surface area contributed by atoms with E-state index in [1.54, 1.807) is 25.8 Å². The third-order valence-corrected chi connectivity index (χ3v) is 7.52. The monoisotopic (exact) mass is 561 g/mol. The highest BCUT2D eigenvalue weighted by Crippen LogP contribution is 2.36. The Bertz CT molecular complexity index is 1740. The zero-order valence-electron chi connectivity index (χ0n) is 21.3. The standard InChI is InChI=1S/C27H21F2N7O3S/c1-14-5-17(18-6-16-8-30-13-36(16)11-22(18)39-2)19(9-31-14)25(37)34-27-33-21-10-35(12-23(21)40-27)26(38)20-4-3-15(7-32-20)24(28)29/h3-9,11,13,24H,10,12H2,1-2H3,(H,33,34,37). The lowest BCUT2D eigenvalue weighted by Crippen LogP contribution is -2.26. The lowest BCUT2D eigenvalue weighted by atomic mass is 10.00. The van der Waals surface area contributed by atoms with Crippen LogP contribution in [0.4, 0.5) is 13.9 Å². The molecule has 0 fully saturated rings. The number of rotatable bonds is 6. The molecule has 1 aliphatic rings. The van der Waals surface area contributed by atoms with Crippen LogP contribution in [0, 0.1) is 6.92 Å². The van der Waals surface area contributed by atoms with Gasteiger partial charge in [0.05, 0.1) is 60.6 Å². The zero-order valence-corrected chi connectivity index (χ0v) is 22.1. The van der Waals surface area contributed by atoms with E-state index in [-0.39, 0.29) is 36.2 Å². The number of halogens is 2. The van der Waals surface area contributed by atoms with Crippen molar-refractivity contribution < 1.29 is 23.1 Å². The molecule has 0 bridgehead atoms. The van der Waals surface area contributed by atoms with Gasteiger partial charge in [-0.2, -0.15) is 0 Å². The summed E-state index contributed by atoms with van der Waals surface area (Å²) in [6, 6.07) is 6.21. The number of fused-ring (bicyclic) bond motifs is 2. The van der Waals surface area contributed by atoms with E-state index in [0.29, 0.717) is 27.7 Å². The van der Waals surface area contributed by atoms with Crippen LogP contribution in [0.1, 0.15) is 49.1 Å². The molecule has 0 saturated carbocycles. The minimum Gasteiger partial charge on any atom is -0.495 e. The zero-order chi connectivity index (χ0) is 28.0. The number of aryl methyl sites for hydroxylation is 1. The van der Waals surface area contributed by atoms with Crippen LogP contribution < -0.4 is 10.1 Å². The SMILES string of the molecule is COc1cn2cncc2cc1-c1cc(C)ncc1C(=O)Nc1nc2c(s1)CN(C(=O)c1ccc(C(F)F)cn1)C2. The number of thiazole rings is 1. The summed E-state index contributed by atoms with van der Waals surface area (Å²) in [6.07, 6.45) is 5.07. The van der Waals surface area contributed by atoms with Gasteiger partial charge < -0.3 is 14.0 Å². The van der Waals surface area contributed by atoms with Crippen LogP contribution in [0.5, 0.6) is 5.75 Å². The van der Waals surface area contributed by atoms with E-state index in [9.17, 15) is 18.4 Å². The molecule has 0 spiro atoms. The number of nitrogens with one attached hydrogen (secondary N) is 1. The Morgan fingerprint density at radius 3 is 2.67 bits per heavy atom. The Balaban J connectivity index is 1.21. The van der Waals surface area contributed by atoms with Gasteiger partial charge in [-0.1, -0.05) is 11.3 Å². The summed E-state index contributed by atoms with van der Waals surface area (Å²) in [5.41, 5.74) is 3.79. The van der Waals surface area contributed by atoms with E-state index in [0.717, 1.165) is 27.8 Å². The first-order chi connectivity index (χ1) is 19.3. The number of aromatic nitrogens is 5. The maximum atomic E-state index is 13.4. The fraction of sp³-hybridized carbons (Fsp3) is 0.185. The van der Waals surface area contributed by atoms with Crippen LogP contribution in [-0.2, 0) is 13.1 Å². The summed E-state index contributed by atoms with van der Waals surface area (Å²) in [4.78, 5) is 45.5. The highest BCUT2D eigenvalue weighted by atomic mass is 32.1. The van der Waals surface area contributed by atoms with E-state index < -0.39 is 6.43 Å². The molecule has 5 aromatic heterocycles. The Labute approximate surface area is 230 Å². The number of imidazole rings is 1. The molecule has 0 radical (unpaired) electrons. The number of hydrogen-bond acceptors (Lipinski definition) is 8. The van der Waals surface area contributed by atoms with Gasteiger partial charge in [0.1, 0.15) is 11.4 Å². The first kappa shape index (κ1) is 25.5. The third kappa shape index (κ3) is 4.64. The van der Waals surface area contributed by atoms with Crippen molar-refractivity contribution >= 4 is 33.8 Å². The Hall–Kier alpha value is -4.78. The molecule has 1 aliphatic heterocycles. The van der Waals surface area contributed by atoms with E-state index >= 15 is 0 Å². The van der Waals surface area contributed by atoms with Crippen molar-refractivity contribution in [3.63, 3.8) is 0 Å². The van der Waals surface area contributed by atoms with Crippen molar-refractivity contribution in [1.29, 1.82) is 0 Å². The number of hydrogen-bond donors (Lipinski definition) is 1. The molecule has 0 atom stereocenters.